The van der Waals surface area contributed by atoms with Crippen LogP contribution in [0.2, 0.25) is 0 Å². The number of ether oxygens (including phenoxy) is 3. The first-order chi connectivity index (χ1) is 18.7. The number of phenols is 1. The molecule has 0 saturated carbocycles. The Labute approximate surface area is 221 Å². The van der Waals surface area contributed by atoms with Crippen molar-refractivity contribution in [3.8, 4) is 23.0 Å². The number of ketones is 1. The molecule has 10 heteroatoms. The number of Topliss-reactive ketones (excluding diaryl/α,β-unsaturated/α-hetero) is 1. The standard InChI is InChI=1S/C29H24N2O8/c1-30-19-6-4-16(13-20(19)31(2)29(30)36)18(14-25(33)34)26-21(32)7-5-17-27(35)24(39-28(17)26)12-15-3-8-22-23(11-15)38-10-9-37-22/h3-8,11-13,18,32H,9-10,14H2,1-2H3,(H,33,34)/b24-12-. The van der Waals surface area contributed by atoms with Crippen LogP contribution in [-0.2, 0) is 18.9 Å². The summed E-state index contributed by atoms with van der Waals surface area (Å²) in [5.74, 6) is -1.24. The fourth-order valence-corrected chi connectivity index (χ4v) is 5.20. The smallest absolute Gasteiger partial charge is 0.328 e. The van der Waals surface area contributed by atoms with E-state index in [2.05, 4.69) is 0 Å². The zero-order chi connectivity index (χ0) is 27.4. The summed E-state index contributed by atoms with van der Waals surface area (Å²) in [6.07, 6.45) is 1.19. The van der Waals surface area contributed by atoms with E-state index in [1.165, 1.54) is 21.3 Å². The van der Waals surface area contributed by atoms with Gasteiger partial charge in [0.15, 0.2) is 17.3 Å². The van der Waals surface area contributed by atoms with Gasteiger partial charge in [-0.1, -0.05) is 12.1 Å². The summed E-state index contributed by atoms with van der Waals surface area (Å²) in [6.45, 7) is 0.881. The first-order valence-corrected chi connectivity index (χ1v) is 12.3. The number of aromatic hydroxyl groups is 1. The Morgan fingerprint density at radius 1 is 0.974 bits per heavy atom. The molecule has 4 aromatic rings. The van der Waals surface area contributed by atoms with E-state index in [0.29, 0.717) is 46.9 Å². The molecular weight excluding hydrogens is 504 g/mol. The van der Waals surface area contributed by atoms with Gasteiger partial charge in [-0.05, 0) is 53.6 Å². The molecule has 0 saturated heterocycles. The number of carbonyl (C=O) groups is 2. The highest BCUT2D eigenvalue weighted by molar-refractivity contribution is 6.15. The third kappa shape index (κ3) is 4.01. The van der Waals surface area contributed by atoms with Crippen molar-refractivity contribution in [2.45, 2.75) is 12.3 Å². The molecule has 0 amide bonds. The van der Waals surface area contributed by atoms with E-state index in [1.807, 2.05) is 0 Å². The summed E-state index contributed by atoms with van der Waals surface area (Å²) in [5, 5.41) is 20.7. The monoisotopic (exact) mass is 528 g/mol. The summed E-state index contributed by atoms with van der Waals surface area (Å²) in [4.78, 5) is 37.7. The van der Waals surface area contributed by atoms with Crippen LogP contribution < -0.4 is 19.9 Å². The number of benzene rings is 3. The summed E-state index contributed by atoms with van der Waals surface area (Å²) in [5.41, 5.74) is 2.68. The van der Waals surface area contributed by atoms with Crippen molar-refractivity contribution in [3.05, 3.63) is 87.0 Å². The second-order valence-electron chi connectivity index (χ2n) is 9.52. The highest BCUT2D eigenvalue weighted by atomic mass is 16.6. The van der Waals surface area contributed by atoms with Gasteiger partial charge in [0.2, 0.25) is 5.78 Å². The second-order valence-corrected chi connectivity index (χ2v) is 9.52. The summed E-state index contributed by atoms with van der Waals surface area (Å²) >= 11 is 0. The largest absolute Gasteiger partial charge is 0.508 e. The number of nitrogens with zero attached hydrogens (tertiary/aromatic N) is 2. The van der Waals surface area contributed by atoms with Crippen LogP contribution in [-0.4, -0.2) is 44.3 Å². The fraction of sp³-hybridized carbons (Fsp3) is 0.207. The van der Waals surface area contributed by atoms with Gasteiger partial charge in [0.1, 0.15) is 24.7 Å². The molecule has 6 rings (SSSR count). The van der Waals surface area contributed by atoms with Gasteiger partial charge in [-0.3, -0.25) is 18.7 Å². The van der Waals surface area contributed by atoms with Crippen molar-refractivity contribution in [2.24, 2.45) is 14.1 Å². The van der Waals surface area contributed by atoms with Gasteiger partial charge in [0.25, 0.3) is 0 Å². The molecule has 0 fully saturated rings. The number of phenolic OH excluding ortho intramolecular Hbond substituents is 1. The van der Waals surface area contributed by atoms with E-state index < -0.39 is 17.7 Å². The Morgan fingerprint density at radius 3 is 2.49 bits per heavy atom. The summed E-state index contributed by atoms with van der Waals surface area (Å²) < 4.78 is 20.2. The van der Waals surface area contributed by atoms with E-state index in [9.17, 15) is 24.6 Å². The number of imidazole rings is 1. The number of carbonyl (C=O) groups excluding carboxylic acids is 1. The molecule has 0 spiro atoms. The minimum Gasteiger partial charge on any atom is -0.508 e. The number of carboxylic acid groups (broad SMARTS) is 1. The van der Waals surface area contributed by atoms with Crippen LogP contribution in [0.3, 0.4) is 0 Å². The molecule has 198 valence electrons. The second kappa shape index (κ2) is 9.09. The molecule has 0 radical (unpaired) electrons. The van der Waals surface area contributed by atoms with Crippen LogP contribution in [0.25, 0.3) is 17.1 Å². The SMILES string of the molecule is Cn1c(=O)n(C)c2cc(C(CC(=O)O)c3c(O)ccc4c3O/C(=C\c3ccc5c(c3)OCCO5)C4=O)ccc21. The number of fused-ring (bicyclic) bond motifs is 3. The molecule has 2 aliphatic rings. The molecule has 3 aromatic carbocycles. The van der Waals surface area contributed by atoms with Crippen LogP contribution >= 0.6 is 0 Å². The van der Waals surface area contributed by atoms with Crippen LogP contribution in [0.5, 0.6) is 23.0 Å². The number of hydrogen-bond donors (Lipinski definition) is 2. The normalized spacial score (nSPS) is 15.8. The number of aromatic nitrogens is 2. The zero-order valence-electron chi connectivity index (χ0n) is 21.1. The third-order valence-corrected chi connectivity index (χ3v) is 7.14. The van der Waals surface area contributed by atoms with Gasteiger partial charge >= 0.3 is 11.7 Å². The average molecular weight is 529 g/mol. The van der Waals surface area contributed by atoms with Crippen LogP contribution in [0.15, 0.2) is 59.1 Å². The van der Waals surface area contributed by atoms with Gasteiger partial charge in [-0.25, -0.2) is 4.79 Å². The number of aliphatic carboxylic acids is 1. The maximum absolute atomic E-state index is 13.3. The topological polar surface area (TPSA) is 129 Å². The first-order valence-electron chi connectivity index (χ1n) is 12.3. The highest BCUT2D eigenvalue weighted by Gasteiger charge is 2.35. The fourth-order valence-electron chi connectivity index (χ4n) is 5.20. The Morgan fingerprint density at radius 2 is 1.72 bits per heavy atom. The lowest BCUT2D eigenvalue weighted by molar-refractivity contribution is -0.137. The molecule has 10 nitrogen and oxygen atoms in total. The minimum atomic E-state index is -1.10. The quantitative estimate of drug-likeness (QED) is 0.376. The molecule has 1 aromatic heterocycles. The Hall–Kier alpha value is -4.99. The van der Waals surface area contributed by atoms with Crippen molar-refractivity contribution >= 4 is 28.9 Å². The maximum atomic E-state index is 13.3. The molecule has 1 unspecified atom stereocenters. The van der Waals surface area contributed by atoms with Crippen LogP contribution in [0.4, 0.5) is 0 Å². The molecule has 1 atom stereocenters. The van der Waals surface area contributed by atoms with Crippen molar-refractivity contribution in [1.82, 2.24) is 9.13 Å². The molecule has 0 bridgehead atoms. The molecular formula is C29H24N2O8. The summed E-state index contributed by atoms with van der Waals surface area (Å²) in [6, 6.07) is 13.3. The van der Waals surface area contributed by atoms with Crippen LogP contribution in [0.1, 0.15) is 39.4 Å². The highest BCUT2D eigenvalue weighted by Crippen LogP contribution is 2.47. The maximum Gasteiger partial charge on any atom is 0.328 e. The Balaban J connectivity index is 1.45. The van der Waals surface area contributed by atoms with Crippen molar-refractivity contribution < 1.29 is 34.0 Å². The van der Waals surface area contributed by atoms with Crippen LogP contribution in [0, 0.1) is 0 Å². The lowest BCUT2D eigenvalue weighted by Gasteiger charge is -2.20. The van der Waals surface area contributed by atoms with E-state index in [-0.39, 0.29) is 40.5 Å². The predicted molar refractivity (Wildman–Crippen MR) is 141 cm³/mol. The van der Waals surface area contributed by atoms with Gasteiger partial charge in [0.05, 0.1) is 23.0 Å². The average Bonchev–Trinajstić information content (AvgIpc) is 3.35. The van der Waals surface area contributed by atoms with Crippen molar-refractivity contribution in [2.75, 3.05) is 13.2 Å². The number of carboxylic acids is 1. The molecule has 0 aliphatic carbocycles. The first kappa shape index (κ1) is 24.4. The van der Waals surface area contributed by atoms with Crippen molar-refractivity contribution in [1.29, 1.82) is 0 Å². The van der Waals surface area contributed by atoms with E-state index in [1.54, 1.807) is 56.6 Å². The van der Waals surface area contributed by atoms with Gasteiger partial charge in [-0.15, -0.1) is 0 Å². The van der Waals surface area contributed by atoms with Gasteiger partial charge in [-0.2, -0.15) is 0 Å². The number of allylic oxidation sites excluding steroid dienone is 1. The van der Waals surface area contributed by atoms with Crippen molar-refractivity contribution in [3.63, 3.8) is 0 Å². The Kier molecular flexibility index (Phi) is 5.67. The van der Waals surface area contributed by atoms with E-state index in [4.69, 9.17) is 14.2 Å². The molecule has 2 aliphatic heterocycles. The predicted octanol–water partition coefficient (Wildman–Crippen LogP) is 3.58. The number of aryl methyl sites for hydroxylation is 2. The molecule has 2 N–H and O–H groups in total. The number of hydrogen-bond acceptors (Lipinski definition) is 7. The lowest BCUT2D eigenvalue weighted by atomic mass is 9.86. The van der Waals surface area contributed by atoms with Gasteiger partial charge in [0, 0.05) is 25.6 Å². The lowest BCUT2D eigenvalue weighted by Crippen LogP contribution is -2.19. The Bertz CT molecular complexity index is 1780. The van der Waals surface area contributed by atoms with E-state index in [0.717, 1.165) is 0 Å². The van der Waals surface area contributed by atoms with Gasteiger partial charge < -0.3 is 24.4 Å². The van der Waals surface area contributed by atoms with E-state index >= 15 is 0 Å². The zero-order valence-corrected chi connectivity index (χ0v) is 21.1. The number of rotatable bonds is 5. The minimum absolute atomic E-state index is 0.0310. The summed E-state index contributed by atoms with van der Waals surface area (Å²) in [7, 11) is 3.29. The molecule has 3 heterocycles. The third-order valence-electron chi connectivity index (χ3n) is 7.14. The molecule has 39 heavy (non-hydrogen) atoms.